The van der Waals surface area contributed by atoms with Gasteiger partial charge in [-0.1, -0.05) is 32.1 Å². The molecule has 21 heavy (non-hydrogen) atoms. The van der Waals surface area contributed by atoms with E-state index in [1.54, 1.807) is 0 Å². The topological polar surface area (TPSA) is 63.6 Å². The lowest BCUT2D eigenvalue weighted by molar-refractivity contribution is -0.137. The molecule has 2 fully saturated rings. The summed E-state index contributed by atoms with van der Waals surface area (Å²) in [6, 6.07) is 0. The number of fused-ring (bicyclic) bond motifs is 1. The quantitative estimate of drug-likeness (QED) is 0.638. The maximum atomic E-state index is 12.1. The number of aliphatic hydroxyl groups excluding tert-OH is 1. The Hall–Kier alpha value is -1.32. The Labute approximate surface area is 125 Å². The Morgan fingerprint density at radius 1 is 1.14 bits per heavy atom. The highest BCUT2D eigenvalue weighted by Crippen LogP contribution is 2.43. The molecule has 0 bridgehead atoms. The summed E-state index contributed by atoms with van der Waals surface area (Å²) in [6.45, 7) is -0.146. The van der Waals surface area contributed by atoms with E-state index in [1.165, 1.54) is 44.9 Å². The van der Waals surface area contributed by atoms with Gasteiger partial charge in [-0.3, -0.25) is 4.79 Å². The van der Waals surface area contributed by atoms with Crippen LogP contribution in [0.3, 0.4) is 0 Å². The molecule has 4 nitrogen and oxygen atoms in total. The third-order valence-electron chi connectivity index (χ3n) is 5.54. The summed E-state index contributed by atoms with van der Waals surface area (Å²) in [5.74, 6) is 1.28. The summed E-state index contributed by atoms with van der Waals surface area (Å²) in [4.78, 5) is 23.5. The minimum atomic E-state index is -0.659. The van der Waals surface area contributed by atoms with E-state index < -0.39 is 5.97 Å². The molecule has 2 aliphatic carbocycles. The first kappa shape index (κ1) is 14.6. The van der Waals surface area contributed by atoms with E-state index in [4.69, 9.17) is 0 Å². The molecule has 0 unspecified atom stereocenters. The van der Waals surface area contributed by atoms with Gasteiger partial charge in [-0.15, -0.1) is 0 Å². The predicted octanol–water partition coefficient (Wildman–Crippen LogP) is 3.31. The van der Waals surface area contributed by atoms with Gasteiger partial charge in [-0.2, -0.15) is 0 Å². The fourth-order valence-electron chi connectivity index (χ4n) is 4.36. The van der Waals surface area contributed by atoms with Gasteiger partial charge in [0.2, 0.25) is 0 Å². The Kier molecular flexibility index (Phi) is 4.32. The Bertz CT molecular complexity index is 465. The van der Waals surface area contributed by atoms with Crippen molar-refractivity contribution in [1.29, 1.82) is 0 Å². The molecule has 0 saturated heterocycles. The number of hydrogen-bond acceptors (Lipinski definition) is 4. The van der Waals surface area contributed by atoms with Crippen LogP contribution >= 0.6 is 0 Å². The molecule has 1 aliphatic heterocycles. The summed E-state index contributed by atoms with van der Waals surface area (Å²) in [7, 11) is 0. The third kappa shape index (κ3) is 3.14. The first-order chi connectivity index (χ1) is 10.1. The third-order valence-corrected chi connectivity index (χ3v) is 5.54. The fraction of sp³-hybridized carbons (Fsp3) is 0.765. The normalized spacial score (nSPS) is 32.8. The van der Waals surface area contributed by atoms with Gasteiger partial charge in [-0.05, 0) is 37.0 Å². The molecule has 2 saturated carbocycles. The molecule has 116 valence electrons. The second-order valence-electron chi connectivity index (χ2n) is 6.84. The zero-order chi connectivity index (χ0) is 14.8. The largest absolute Gasteiger partial charge is 0.508 e. The van der Waals surface area contributed by atoms with Crippen molar-refractivity contribution >= 4 is 11.8 Å². The van der Waals surface area contributed by atoms with Gasteiger partial charge in [0.1, 0.15) is 17.9 Å². The zero-order valence-electron chi connectivity index (χ0n) is 12.5. The first-order valence-corrected chi connectivity index (χ1v) is 8.27. The van der Waals surface area contributed by atoms with E-state index in [2.05, 4.69) is 4.74 Å². The average Bonchev–Trinajstić information content (AvgIpc) is 2.84. The van der Waals surface area contributed by atoms with Crippen molar-refractivity contribution in [2.45, 2.75) is 57.8 Å². The number of esters is 1. The van der Waals surface area contributed by atoms with Crippen molar-refractivity contribution < 1.29 is 19.4 Å². The number of Topliss-reactive ketones (excluding diaryl/α,β-unsaturated/α-hetero) is 1. The van der Waals surface area contributed by atoms with Crippen molar-refractivity contribution in [2.75, 3.05) is 6.61 Å². The van der Waals surface area contributed by atoms with Gasteiger partial charge in [0.15, 0.2) is 5.78 Å². The van der Waals surface area contributed by atoms with E-state index >= 15 is 0 Å². The summed E-state index contributed by atoms with van der Waals surface area (Å²) in [5.41, 5.74) is -0.110. The monoisotopic (exact) mass is 292 g/mol. The highest BCUT2D eigenvalue weighted by atomic mass is 16.5. The van der Waals surface area contributed by atoms with Crippen molar-refractivity contribution in [2.24, 2.45) is 17.8 Å². The van der Waals surface area contributed by atoms with Gasteiger partial charge >= 0.3 is 5.97 Å². The molecular weight excluding hydrogens is 268 g/mol. The smallest absolute Gasteiger partial charge is 0.345 e. The lowest BCUT2D eigenvalue weighted by Crippen LogP contribution is -2.28. The van der Waals surface area contributed by atoms with Crippen LogP contribution in [0.2, 0.25) is 0 Å². The second-order valence-corrected chi connectivity index (χ2v) is 6.84. The summed E-state index contributed by atoms with van der Waals surface area (Å²) in [6.07, 6.45) is 10.5. The van der Waals surface area contributed by atoms with Crippen LogP contribution in [0.5, 0.6) is 0 Å². The van der Waals surface area contributed by atoms with Gasteiger partial charge in [0.05, 0.1) is 0 Å². The summed E-state index contributed by atoms with van der Waals surface area (Å²) in [5, 5.41) is 9.53. The van der Waals surface area contributed by atoms with Gasteiger partial charge in [0.25, 0.3) is 0 Å². The molecule has 0 aromatic carbocycles. The second kappa shape index (κ2) is 6.20. The minimum absolute atomic E-state index is 0.110. The molecule has 0 radical (unpaired) electrons. The molecule has 1 N–H and O–H groups in total. The van der Waals surface area contributed by atoms with Crippen LogP contribution in [-0.2, 0) is 14.3 Å². The van der Waals surface area contributed by atoms with E-state index in [-0.39, 0.29) is 23.7 Å². The predicted molar refractivity (Wildman–Crippen MR) is 77.6 cm³/mol. The Balaban J connectivity index is 1.50. The molecular formula is C17H24O4. The lowest BCUT2D eigenvalue weighted by Gasteiger charge is -2.39. The van der Waals surface area contributed by atoms with Crippen molar-refractivity contribution in [3.8, 4) is 0 Å². The lowest BCUT2D eigenvalue weighted by atomic mass is 9.66. The van der Waals surface area contributed by atoms with Crippen LogP contribution in [0.4, 0.5) is 0 Å². The number of hydrogen-bond donors (Lipinski definition) is 1. The minimum Gasteiger partial charge on any atom is -0.508 e. The Morgan fingerprint density at radius 3 is 2.62 bits per heavy atom. The van der Waals surface area contributed by atoms with Crippen LogP contribution in [0, 0.1) is 17.8 Å². The van der Waals surface area contributed by atoms with E-state index in [1.807, 2.05) is 0 Å². The van der Waals surface area contributed by atoms with Crippen molar-refractivity contribution in [1.82, 2.24) is 0 Å². The molecule has 3 rings (SSSR count). The van der Waals surface area contributed by atoms with Crippen LogP contribution in [0.15, 0.2) is 11.3 Å². The number of cyclic esters (lactones) is 1. The number of aliphatic hydroxyl groups is 1. The fourth-order valence-corrected chi connectivity index (χ4v) is 4.36. The molecule has 0 amide bonds. The standard InChI is InChI=1S/C17H24O4/c18-14(16-15(19)10-21-17(16)20)8-6-11-5-7-12-3-1-2-4-13(12)9-11/h11-13,19H,1-10H2/t11-,12+,13+/m0/s1. The van der Waals surface area contributed by atoms with E-state index in [0.29, 0.717) is 12.3 Å². The van der Waals surface area contributed by atoms with Crippen LogP contribution in [-0.4, -0.2) is 23.5 Å². The van der Waals surface area contributed by atoms with Crippen molar-refractivity contribution in [3.05, 3.63) is 11.3 Å². The molecule has 4 heteroatoms. The zero-order valence-corrected chi connectivity index (χ0v) is 12.5. The maximum absolute atomic E-state index is 12.1. The molecule has 3 aliphatic rings. The molecule has 1 heterocycles. The Morgan fingerprint density at radius 2 is 1.90 bits per heavy atom. The molecule has 0 spiro atoms. The van der Waals surface area contributed by atoms with Crippen LogP contribution in [0.1, 0.15) is 57.8 Å². The van der Waals surface area contributed by atoms with Gasteiger partial charge < -0.3 is 9.84 Å². The van der Waals surface area contributed by atoms with Gasteiger partial charge in [-0.25, -0.2) is 4.79 Å². The molecule has 3 atom stereocenters. The van der Waals surface area contributed by atoms with Gasteiger partial charge in [0, 0.05) is 6.42 Å². The first-order valence-electron chi connectivity index (χ1n) is 8.27. The molecule has 0 aromatic heterocycles. The van der Waals surface area contributed by atoms with E-state index in [9.17, 15) is 14.7 Å². The average molecular weight is 292 g/mol. The highest BCUT2D eigenvalue weighted by Gasteiger charge is 2.34. The molecule has 0 aromatic rings. The SMILES string of the molecule is O=C(CC[C@@H]1CC[C@H]2CCCC[C@@H]2C1)C1=C(O)COC1=O. The summed E-state index contributed by atoms with van der Waals surface area (Å²) >= 11 is 0. The number of rotatable bonds is 4. The van der Waals surface area contributed by atoms with Crippen LogP contribution in [0.25, 0.3) is 0 Å². The highest BCUT2D eigenvalue weighted by molar-refractivity contribution is 6.18. The number of ketones is 1. The summed E-state index contributed by atoms with van der Waals surface area (Å²) < 4.78 is 4.68. The number of ether oxygens (including phenoxy) is 1. The number of carbonyl (C=O) groups is 2. The van der Waals surface area contributed by atoms with Crippen molar-refractivity contribution in [3.63, 3.8) is 0 Å². The van der Waals surface area contributed by atoms with E-state index in [0.717, 1.165) is 18.3 Å². The number of carbonyl (C=O) groups excluding carboxylic acids is 2. The maximum Gasteiger partial charge on any atom is 0.345 e. The van der Waals surface area contributed by atoms with Crippen LogP contribution < -0.4 is 0 Å².